The fraction of sp³-hybridized carbons (Fsp3) is 0. The quantitative estimate of drug-likeness (QED) is 0.191. The molecule has 9 heteroatoms. The van der Waals surface area contributed by atoms with Crippen molar-refractivity contribution in [3.63, 3.8) is 0 Å². The Kier molecular flexibility index (Phi) is 5.82. The lowest BCUT2D eigenvalue weighted by Crippen LogP contribution is -1.91. The maximum Gasteiger partial charge on any atom is 0.277 e. The van der Waals surface area contributed by atoms with Crippen molar-refractivity contribution in [3.05, 3.63) is 117 Å². The van der Waals surface area contributed by atoms with Crippen LogP contribution in [0.1, 0.15) is 0 Å². The van der Waals surface area contributed by atoms with Crippen LogP contribution in [0.25, 0.3) is 43.4 Å². The number of aromatic nitrogens is 2. The summed E-state index contributed by atoms with van der Waals surface area (Å²) in [6.07, 6.45) is 0. The molecule has 0 fully saturated rings. The van der Waals surface area contributed by atoms with Crippen LogP contribution in [0.15, 0.2) is 97.1 Å². The molecule has 0 aliphatic heterocycles. The summed E-state index contributed by atoms with van der Waals surface area (Å²) in [6.45, 7) is 0. The fourth-order valence-corrected chi connectivity index (χ4v) is 4.65. The van der Waals surface area contributed by atoms with E-state index in [1.165, 1.54) is 23.5 Å². The van der Waals surface area contributed by atoms with Gasteiger partial charge in [-0.25, -0.2) is 0 Å². The standard InChI is InChI=1S/C26H16N4O4S/c31-29(32)23-7-3-1-5-21(23)17-9-13-19(14-10-17)25-27-28-26(35-25)20-15-11-18(12-16-20)22-6-2-4-8-24(22)30(33)34/h1-16H. The molecular weight excluding hydrogens is 464 g/mol. The van der Waals surface area contributed by atoms with Gasteiger partial charge in [-0.15, -0.1) is 10.2 Å². The Balaban J connectivity index is 1.39. The Morgan fingerprint density at radius 2 is 0.857 bits per heavy atom. The topological polar surface area (TPSA) is 112 Å². The van der Waals surface area contributed by atoms with Gasteiger partial charge in [0.2, 0.25) is 0 Å². The molecule has 1 aromatic heterocycles. The van der Waals surface area contributed by atoms with Crippen molar-refractivity contribution in [2.24, 2.45) is 0 Å². The monoisotopic (exact) mass is 480 g/mol. The maximum atomic E-state index is 11.3. The highest BCUT2D eigenvalue weighted by molar-refractivity contribution is 7.17. The van der Waals surface area contributed by atoms with Crippen molar-refractivity contribution >= 4 is 22.7 Å². The smallest absolute Gasteiger partial charge is 0.258 e. The minimum absolute atomic E-state index is 0.0581. The molecule has 5 aromatic rings. The minimum Gasteiger partial charge on any atom is -0.258 e. The number of nitro benzene ring substituents is 2. The number of hydrogen-bond donors (Lipinski definition) is 0. The van der Waals surface area contributed by atoms with Gasteiger partial charge in [-0.05, 0) is 23.3 Å². The van der Waals surface area contributed by atoms with Crippen LogP contribution in [0.3, 0.4) is 0 Å². The largest absolute Gasteiger partial charge is 0.277 e. The van der Waals surface area contributed by atoms with Gasteiger partial charge in [-0.1, -0.05) is 84.1 Å². The molecule has 0 atom stereocenters. The van der Waals surface area contributed by atoms with E-state index < -0.39 is 0 Å². The van der Waals surface area contributed by atoms with E-state index in [1.807, 2.05) is 48.5 Å². The van der Waals surface area contributed by atoms with E-state index >= 15 is 0 Å². The molecule has 0 N–H and O–H groups in total. The van der Waals surface area contributed by atoms with E-state index in [-0.39, 0.29) is 21.2 Å². The van der Waals surface area contributed by atoms with Crippen LogP contribution in [0.4, 0.5) is 11.4 Å². The molecule has 0 saturated heterocycles. The van der Waals surface area contributed by atoms with Gasteiger partial charge in [0.1, 0.15) is 10.0 Å². The highest BCUT2D eigenvalue weighted by Gasteiger charge is 2.16. The summed E-state index contributed by atoms with van der Waals surface area (Å²) in [7, 11) is 0. The molecule has 170 valence electrons. The molecule has 0 amide bonds. The first-order valence-corrected chi connectivity index (χ1v) is 11.3. The van der Waals surface area contributed by atoms with Gasteiger partial charge in [-0.2, -0.15) is 0 Å². The second kappa shape index (κ2) is 9.24. The molecule has 4 aromatic carbocycles. The van der Waals surface area contributed by atoms with Crippen LogP contribution in [-0.4, -0.2) is 20.0 Å². The van der Waals surface area contributed by atoms with Crippen molar-refractivity contribution < 1.29 is 9.85 Å². The highest BCUT2D eigenvalue weighted by atomic mass is 32.1. The predicted octanol–water partition coefficient (Wildman–Crippen LogP) is 7.02. The summed E-state index contributed by atoms with van der Waals surface area (Å²) in [5, 5.41) is 32.7. The molecule has 0 aliphatic rings. The van der Waals surface area contributed by atoms with Gasteiger partial charge in [-0.3, -0.25) is 20.2 Å². The lowest BCUT2D eigenvalue weighted by molar-refractivity contribution is -0.384. The van der Waals surface area contributed by atoms with Gasteiger partial charge < -0.3 is 0 Å². The first-order chi connectivity index (χ1) is 17.0. The Hall–Kier alpha value is -4.76. The van der Waals surface area contributed by atoms with Gasteiger partial charge >= 0.3 is 0 Å². The fourth-order valence-electron chi connectivity index (χ4n) is 3.80. The van der Waals surface area contributed by atoms with Crippen LogP contribution < -0.4 is 0 Å². The number of rotatable bonds is 6. The lowest BCUT2D eigenvalue weighted by Gasteiger charge is -2.04. The third kappa shape index (κ3) is 4.40. The molecule has 0 spiro atoms. The number of nitro groups is 2. The number of hydrogen-bond acceptors (Lipinski definition) is 7. The van der Waals surface area contributed by atoms with Crippen LogP contribution in [0.2, 0.25) is 0 Å². The van der Waals surface area contributed by atoms with E-state index in [1.54, 1.807) is 36.4 Å². The molecule has 0 saturated carbocycles. The zero-order valence-corrected chi connectivity index (χ0v) is 18.9. The van der Waals surface area contributed by atoms with E-state index in [0.717, 1.165) is 32.3 Å². The number of benzene rings is 4. The Morgan fingerprint density at radius 1 is 0.514 bits per heavy atom. The van der Waals surface area contributed by atoms with E-state index in [9.17, 15) is 20.2 Å². The highest BCUT2D eigenvalue weighted by Crippen LogP contribution is 2.35. The lowest BCUT2D eigenvalue weighted by atomic mass is 10.0. The van der Waals surface area contributed by atoms with Crippen LogP contribution in [0, 0.1) is 20.2 Å². The zero-order chi connectivity index (χ0) is 24.4. The number of nitrogens with zero attached hydrogens (tertiary/aromatic N) is 4. The molecule has 35 heavy (non-hydrogen) atoms. The maximum absolute atomic E-state index is 11.3. The van der Waals surface area contributed by atoms with Crippen molar-refractivity contribution in [2.45, 2.75) is 0 Å². The summed E-state index contributed by atoms with van der Waals surface area (Å²) in [6, 6.07) is 28.1. The molecular formula is C26H16N4O4S. The predicted molar refractivity (Wildman–Crippen MR) is 135 cm³/mol. The van der Waals surface area contributed by atoms with Gasteiger partial charge in [0.15, 0.2) is 0 Å². The van der Waals surface area contributed by atoms with E-state index in [2.05, 4.69) is 10.2 Å². The summed E-state index contributed by atoms with van der Waals surface area (Å²) in [5.74, 6) is 0. The Morgan fingerprint density at radius 3 is 1.23 bits per heavy atom. The second-order valence-corrected chi connectivity index (χ2v) is 8.59. The first-order valence-electron chi connectivity index (χ1n) is 10.5. The van der Waals surface area contributed by atoms with Crippen LogP contribution in [-0.2, 0) is 0 Å². The van der Waals surface area contributed by atoms with Crippen LogP contribution >= 0.6 is 11.3 Å². The average molecular weight is 481 g/mol. The van der Waals surface area contributed by atoms with Gasteiger partial charge in [0.25, 0.3) is 11.4 Å². The molecule has 0 radical (unpaired) electrons. The van der Waals surface area contributed by atoms with Crippen molar-refractivity contribution in [1.29, 1.82) is 0 Å². The molecule has 0 unspecified atom stereocenters. The summed E-state index contributed by atoms with van der Waals surface area (Å²) in [5.41, 5.74) is 4.43. The SMILES string of the molecule is O=[N+]([O-])c1ccccc1-c1ccc(-c2nnc(-c3ccc(-c4ccccc4[N+](=O)[O-])cc3)s2)cc1. The van der Waals surface area contributed by atoms with E-state index in [4.69, 9.17) is 0 Å². The summed E-state index contributed by atoms with van der Waals surface area (Å²) >= 11 is 1.42. The average Bonchev–Trinajstić information content (AvgIpc) is 3.39. The molecule has 0 aliphatic carbocycles. The Bertz CT molecular complexity index is 1430. The van der Waals surface area contributed by atoms with Gasteiger partial charge in [0, 0.05) is 23.3 Å². The van der Waals surface area contributed by atoms with Crippen molar-refractivity contribution in [1.82, 2.24) is 10.2 Å². The van der Waals surface area contributed by atoms with Crippen molar-refractivity contribution in [3.8, 4) is 43.4 Å². The molecule has 0 bridgehead atoms. The Labute approximate surface area is 203 Å². The first kappa shape index (κ1) is 22.1. The zero-order valence-electron chi connectivity index (χ0n) is 18.1. The summed E-state index contributed by atoms with van der Waals surface area (Å²) < 4.78 is 0. The van der Waals surface area contributed by atoms with Crippen LogP contribution in [0.5, 0.6) is 0 Å². The van der Waals surface area contributed by atoms with Crippen molar-refractivity contribution in [2.75, 3.05) is 0 Å². The normalized spacial score (nSPS) is 10.7. The van der Waals surface area contributed by atoms with Gasteiger partial charge in [0.05, 0.1) is 21.0 Å². The third-order valence-corrected chi connectivity index (χ3v) is 6.53. The molecule has 5 rings (SSSR count). The summed E-state index contributed by atoms with van der Waals surface area (Å²) in [4.78, 5) is 21.9. The van der Waals surface area contributed by atoms with E-state index in [0.29, 0.717) is 11.1 Å². The second-order valence-electron chi connectivity index (χ2n) is 7.62. The minimum atomic E-state index is -0.387. The number of para-hydroxylation sites is 2. The third-order valence-electron chi connectivity index (χ3n) is 5.51. The molecule has 8 nitrogen and oxygen atoms in total. The molecule has 1 heterocycles.